The topological polar surface area (TPSA) is 50.2 Å². The van der Waals surface area contributed by atoms with Crippen LogP contribution in [0.1, 0.15) is 0 Å². The summed E-state index contributed by atoms with van der Waals surface area (Å²) in [4.78, 5) is 17.3. The van der Waals surface area contributed by atoms with Crippen LogP contribution < -0.4 is 10.9 Å². The van der Waals surface area contributed by atoms with Crippen LogP contribution in [0.15, 0.2) is 23.4 Å². The summed E-state index contributed by atoms with van der Waals surface area (Å²) in [6, 6.07) is 1.47. The number of nitrogens with one attached hydrogen (secondary N) is 1. The Morgan fingerprint density at radius 2 is 2.27 bits per heavy atom. The van der Waals surface area contributed by atoms with E-state index in [1.165, 1.54) is 12.3 Å². The van der Waals surface area contributed by atoms with Gasteiger partial charge in [-0.05, 0) is 14.1 Å². The molecule has 0 aliphatic rings. The Morgan fingerprint density at radius 3 is 2.93 bits per heavy atom. The molecule has 0 unspecified atom stereocenters. The zero-order chi connectivity index (χ0) is 11.1. The first-order valence-corrected chi connectivity index (χ1v) is 5.06. The summed E-state index contributed by atoms with van der Waals surface area (Å²) < 4.78 is 1.60. The van der Waals surface area contributed by atoms with Crippen molar-refractivity contribution in [2.45, 2.75) is 6.54 Å². The smallest absolute Gasteiger partial charge is 0.253 e. The van der Waals surface area contributed by atoms with E-state index in [0.717, 1.165) is 19.6 Å². The first-order chi connectivity index (χ1) is 7.20. The van der Waals surface area contributed by atoms with Crippen LogP contribution in [0.3, 0.4) is 0 Å². The lowest BCUT2D eigenvalue weighted by atomic mass is 10.5. The molecule has 1 aromatic rings. The van der Waals surface area contributed by atoms with Gasteiger partial charge in [-0.25, -0.2) is 4.98 Å². The van der Waals surface area contributed by atoms with E-state index in [9.17, 15) is 4.79 Å². The largest absolute Gasteiger partial charge is 0.314 e. The maximum atomic E-state index is 11.3. The number of likely N-dealkylation sites (N-methyl/N-ethyl adjacent to an activating group) is 1. The second kappa shape index (κ2) is 6.31. The minimum absolute atomic E-state index is 0.000547. The minimum Gasteiger partial charge on any atom is -0.314 e. The van der Waals surface area contributed by atoms with Crippen molar-refractivity contribution in [1.82, 2.24) is 19.8 Å². The van der Waals surface area contributed by atoms with Gasteiger partial charge in [0, 0.05) is 38.4 Å². The Hall–Kier alpha value is -1.20. The SMILES string of the molecule is CN(C)CCNCCn1cnccc1=O. The second-order valence-corrected chi connectivity index (χ2v) is 3.67. The molecule has 0 aliphatic carbocycles. The van der Waals surface area contributed by atoms with Gasteiger partial charge in [0.15, 0.2) is 0 Å². The molecule has 1 aromatic heterocycles. The van der Waals surface area contributed by atoms with E-state index >= 15 is 0 Å². The van der Waals surface area contributed by atoms with Crippen LogP contribution in [0.2, 0.25) is 0 Å². The molecule has 1 N–H and O–H groups in total. The first kappa shape index (κ1) is 11.9. The van der Waals surface area contributed by atoms with Crippen molar-refractivity contribution in [3.05, 3.63) is 28.9 Å². The predicted octanol–water partition coefficient (Wildman–Crippen LogP) is -0.605. The molecule has 0 fully saturated rings. The molecule has 0 aromatic carbocycles. The molecule has 5 nitrogen and oxygen atoms in total. The highest BCUT2D eigenvalue weighted by Crippen LogP contribution is 1.77. The van der Waals surface area contributed by atoms with E-state index in [0.29, 0.717) is 6.54 Å². The molecule has 0 aliphatic heterocycles. The average molecular weight is 210 g/mol. The molecule has 0 saturated heterocycles. The molecule has 0 amide bonds. The van der Waals surface area contributed by atoms with E-state index in [2.05, 4.69) is 15.2 Å². The minimum atomic E-state index is -0.000547. The number of hydrogen-bond acceptors (Lipinski definition) is 4. The Balaban J connectivity index is 2.21. The monoisotopic (exact) mass is 210 g/mol. The lowest BCUT2D eigenvalue weighted by molar-refractivity contribution is 0.397. The van der Waals surface area contributed by atoms with Crippen molar-refractivity contribution in [2.75, 3.05) is 33.7 Å². The van der Waals surface area contributed by atoms with Gasteiger partial charge in [0.25, 0.3) is 5.56 Å². The van der Waals surface area contributed by atoms with Crippen LogP contribution in [0.4, 0.5) is 0 Å². The van der Waals surface area contributed by atoms with Crippen molar-refractivity contribution in [3.63, 3.8) is 0 Å². The highest BCUT2D eigenvalue weighted by molar-refractivity contribution is 4.81. The van der Waals surface area contributed by atoms with Crippen molar-refractivity contribution in [3.8, 4) is 0 Å². The van der Waals surface area contributed by atoms with Crippen LogP contribution in [0.5, 0.6) is 0 Å². The molecule has 1 rings (SSSR count). The predicted molar refractivity (Wildman–Crippen MR) is 59.9 cm³/mol. The first-order valence-electron chi connectivity index (χ1n) is 5.06. The van der Waals surface area contributed by atoms with Crippen LogP contribution >= 0.6 is 0 Å². The van der Waals surface area contributed by atoms with E-state index < -0.39 is 0 Å². The quantitative estimate of drug-likeness (QED) is 0.637. The molecule has 0 saturated carbocycles. The Labute approximate surface area is 89.7 Å². The molecule has 0 bridgehead atoms. The number of rotatable bonds is 6. The molecule has 0 radical (unpaired) electrons. The highest BCUT2D eigenvalue weighted by Gasteiger charge is 1.94. The van der Waals surface area contributed by atoms with Gasteiger partial charge >= 0.3 is 0 Å². The lowest BCUT2D eigenvalue weighted by Crippen LogP contribution is -2.31. The Kier molecular flexibility index (Phi) is 5.00. The van der Waals surface area contributed by atoms with E-state index in [4.69, 9.17) is 0 Å². The van der Waals surface area contributed by atoms with Crippen molar-refractivity contribution < 1.29 is 0 Å². The van der Waals surface area contributed by atoms with Gasteiger partial charge in [-0.2, -0.15) is 0 Å². The molecule has 84 valence electrons. The van der Waals surface area contributed by atoms with Gasteiger partial charge in [0.05, 0.1) is 6.33 Å². The number of aromatic nitrogens is 2. The van der Waals surface area contributed by atoms with E-state index in [1.807, 2.05) is 14.1 Å². The summed E-state index contributed by atoms with van der Waals surface area (Å²) >= 11 is 0. The summed E-state index contributed by atoms with van der Waals surface area (Å²) in [6.45, 7) is 3.39. The van der Waals surface area contributed by atoms with Crippen LogP contribution in [-0.4, -0.2) is 48.2 Å². The van der Waals surface area contributed by atoms with Crippen molar-refractivity contribution >= 4 is 0 Å². The summed E-state index contributed by atoms with van der Waals surface area (Å²) in [5.41, 5.74) is -0.000547. The summed E-state index contributed by atoms with van der Waals surface area (Å²) in [5, 5.41) is 3.26. The number of hydrogen-bond donors (Lipinski definition) is 1. The second-order valence-electron chi connectivity index (χ2n) is 3.67. The van der Waals surface area contributed by atoms with Crippen LogP contribution in [-0.2, 0) is 6.54 Å². The summed E-state index contributed by atoms with van der Waals surface area (Å²) in [7, 11) is 4.07. The zero-order valence-corrected chi connectivity index (χ0v) is 9.31. The highest BCUT2D eigenvalue weighted by atomic mass is 16.1. The third-order valence-electron chi connectivity index (χ3n) is 2.06. The Morgan fingerprint density at radius 1 is 1.47 bits per heavy atom. The average Bonchev–Trinajstić information content (AvgIpc) is 2.20. The van der Waals surface area contributed by atoms with Gasteiger partial charge in [0.2, 0.25) is 0 Å². The maximum absolute atomic E-state index is 11.3. The van der Waals surface area contributed by atoms with Crippen LogP contribution in [0.25, 0.3) is 0 Å². The molecule has 0 spiro atoms. The normalized spacial score (nSPS) is 10.9. The van der Waals surface area contributed by atoms with Crippen molar-refractivity contribution in [1.29, 1.82) is 0 Å². The van der Waals surface area contributed by atoms with Gasteiger partial charge in [-0.1, -0.05) is 0 Å². The molecule has 0 atom stereocenters. The van der Waals surface area contributed by atoms with E-state index in [1.54, 1.807) is 10.9 Å². The molecule has 15 heavy (non-hydrogen) atoms. The van der Waals surface area contributed by atoms with Crippen molar-refractivity contribution in [2.24, 2.45) is 0 Å². The number of nitrogens with zero attached hydrogens (tertiary/aromatic N) is 3. The van der Waals surface area contributed by atoms with Gasteiger partial charge in [0.1, 0.15) is 0 Å². The molecule has 5 heteroatoms. The molecular formula is C10H18N4O. The third kappa shape index (κ3) is 4.71. The fraction of sp³-hybridized carbons (Fsp3) is 0.600. The zero-order valence-electron chi connectivity index (χ0n) is 9.31. The third-order valence-corrected chi connectivity index (χ3v) is 2.06. The molecular weight excluding hydrogens is 192 g/mol. The van der Waals surface area contributed by atoms with Gasteiger partial charge < -0.3 is 10.2 Å². The summed E-state index contributed by atoms with van der Waals surface area (Å²) in [6.07, 6.45) is 3.08. The lowest BCUT2D eigenvalue weighted by Gasteiger charge is -2.10. The van der Waals surface area contributed by atoms with E-state index in [-0.39, 0.29) is 5.56 Å². The molecule has 1 heterocycles. The maximum Gasteiger partial charge on any atom is 0.253 e. The standard InChI is InChI=1S/C10H18N4O/c1-13(2)7-5-11-6-8-14-9-12-4-3-10(14)15/h3-4,9,11H,5-8H2,1-2H3. The summed E-state index contributed by atoms with van der Waals surface area (Å²) in [5.74, 6) is 0. The fourth-order valence-electron chi connectivity index (χ4n) is 1.17. The fourth-order valence-corrected chi connectivity index (χ4v) is 1.17. The van der Waals surface area contributed by atoms with Gasteiger partial charge in [-0.15, -0.1) is 0 Å². The van der Waals surface area contributed by atoms with Gasteiger partial charge in [-0.3, -0.25) is 9.36 Å². The Bertz CT molecular complexity index is 334. The van der Waals surface area contributed by atoms with Crippen LogP contribution in [0, 0.1) is 0 Å².